The third-order valence-electron chi connectivity index (χ3n) is 0.661. The Hall–Kier alpha value is -0.620. The Morgan fingerprint density at radius 3 is 2.11 bits per heavy atom. The summed E-state index contributed by atoms with van der Waals surface area (Å²) in [5.74, 6) is 0. The van der Waals surface area contributed by atoms with Gasteiger partial charge in [0.25, 0.3) is 0 Å². The number of nitrogens with zero attached hydrogens (tertiary/aromatic N) is 2. The topological polar surface area (TPSA) is 61.8 Å². The second-order valence-electron chi connectivity index (χ2n) is 1.54. The first-order valence-electron chi connectivity index (χ1n) is 2.15. The number of hydrogen-bond donors (Lipinski definition) is 1. The van der Waals surface area contributed by atoms with Gasteiger partial charge < -0.3 is 0 Å². The van der Waals surface area contributed by atoms with Gasteiger partial charge in [-0.15, -0.1) is 0 Å². The van der Waals surface area contributed by atoms with E-state index in [1.165, 1.54) is 14.1 Å². The van der Waals surface area contributed by atoms with Crippen LogP contribution in [-0.2, 0) is 10.2 Å². The zero-order valence-corrected chi connectivity index (χ0v) is 6.14. The van der Waals surface area contributed by atoms with E-state index in [0.29, 0.717) is 0 Å². The van der Waals surface area contributed by atoms with Crippen LogP contribution in [0.4, 0.5) is 0 Å². The summed E-state index contributed by atoms with van der Waals surface area (Å²) in [5, 5.41) is 3.00. The van der Waals surface area contributed by atoms with E-state index < -0.39 is 10.2 Å². The van der Waals surface area contributed by atoms with Crippen molar-refractivity contribution in [3.05, 3.63) is 0 Å². The van der Waals surface area contributed by atoms with Gasteiger partial charge in [0.2, 0.25) is 0 Å². The first-order chi connectivity index (χ1) is 4.00. The van der Waals surface area contributed by atoms with Gasteiger partial charge in [-0.05, 0) is 0 Å². The van der Waals surface area contributed by atoms with Crippen LogP contribution in [0, 0.1) is 0 Å². The number of rotatable bonds is 3. The van der Waals surface area contributed by atoms with Gasteiger partial charge in [-0.2, -0.15) is 22.7 Å². The van der Waals surface area contributed by atoms with Crippen LogP contribution in [0.5, 0.6) is 0 Å². The van der Waals surface area contributed by atoms with Crippen LogP contribution >= 0.6 is 0 Å². The SMILES string of the molecule is C=NNS(=O)(=O)N(C)C. The lowest BCUT2D eigenvalue weighted by Crippen LogP contribution is -2.32. The average molecular weight is 151 g/mol. The molecular formula is C3H9N3O2S. The van der Waals surface area contributed by atoms with Crippen molar-refractivity contribution in [2.75, 3.05) is 14.1 Å². The van der Waals surface area contributed by atoms with E-state index in [4.69, 9.17) is 0 Å². The summed E-state index contributed by atoms with van der Waals surface area (Å²) in [6.45, 7) is 2.96. The molecule has 0 saturated heterocycles. The zero-order chi connectivity index (χ0) is 7.49. The molecule has 0 atom stereocenters. The standard InChI is InChI=1S/C3H9N3O2S/c1-4-5-9(7,8)6(2)3/h5H,1H2,2-3H3. The third kappa shape index (κ3) is 2.43. The summed E-state index contributed by atoms with van der Waals surface area (Å²) in [6, 6.07) is 0. The van der Waals surface area contributed by atoms with Crippen molar-refractivity contribution in [1.82, 2.24) is 9.14 Å². The van der Waals surface area contributed by atoms with E-state index in [2.05, 4.69) is 11.8 Å². The van der Waals surface area contributed by atoms with E-state index in [0.717, 1.165) is 4.31 Å². The summed E-state index contributed by atoms with van der Waals surface area (Å²) in [5.41, 5.74) is 0. The molecule has 5 nitrogen and oxygen atoms in total. The molecule has 0 bridgehead atoms. The predicted octanol–water partition coefficient (Wildman–Crippen LogP) is -1.00. The highest BCUT2D eigenvalue weighted by Crippen LogP contribution is 1.85. The van der Waals surface area contributed by atoms with Gasteiger partial charge in [0.05, 0.1) is 0 Å². The molecular weight excluding hydrogens is 142 g/mol. The molecule has 0 aliphatic heterocycles. The van der Waals surface area contributed by atoms with Crippen LogP contribution in [0.25, 0.3) is 0 Å². The highest BCUT2D eigenvalue weighted by Gasteiger charge is 2.09. The smallest absolute Gasteiger partial charge is 0.192 e. The Bertz CT molecular complexity index is 183. The third-order valence-corrected chi connectivity index (χ3v) is 1.98. The Morgan fingerprint density at radius 2 is 2.00 bits per heavy atom. The first kappa shape index (κ1) is 8.38. The molecule has 0 fully saturated rings. The molecule has 0 unspecified atom stereocenters. The minimum absolute atomic E-state index is 1.00. The lowest BCUT2D eigenvalue weighted by molar-refractivity contribution is 0.508. The molecule has 0 radical (unpaired) electrons. The molecule has 0 aromatic rings. The molecule has 6 heteroatoms. The van der Waals surface area contributed by atoms with Gasteiger partial charge in [0.15, 0.2) is 0 Å². The van der Waals surface area contributed by atoms with Crippen molar-refractivity contribution in [3.63, 3.8) is 0 Å². The maximum absolute atomic E-state index is 10.6. The van der Waals surface area contributed by atoms with E-state index >= 15 is 0 Å². The fraction of sp³-hybridized carbons (Fsp3) is 0.667. The monoisotopic (exact) mass is 151 g/mol. The fourth-order valence-corrected chi connectivity index (χ4v) is 0.490. The highest BCUT2D eigenvalue weighted by atomic mass is 32.2. The van der Waals surface area contributed by atoms with E-state index in [9.17, 15) is 8.42 Å². The maximum Gasteiger partial charge on any atom is 0.315 e. The molecule has 0 saturated carbocycles. The molecule has 0 aliphatic carbocycles. The summed E-state index contributed by atoms with van der Waals surface area (Å²) in [6.07, 6.45) is 0. The van der Waals surface area contributed by atoms with Crippen molar-refractivity contribution in [2.45, 2.75) is 0 Å². The molecule has 0 amide bonds. The molecule has 0 aromatic heterocycles. The molecule has 54 valence electrons. The van der Waals surface area contributed by atoms with Crippen LogP contribution in [0.1, 0.15) is 0 Å². The van der Waals surface area contributed by atoms with E-state index in [1.54, 1.807) is 0 Å². The molecule has 1 N–H and O–H groups in total. The van der Waals surface area contributed by atoms with Gasteiger partial charge in [-0.25, -0.2) is 0 Å². The van der Waals surface area contributed by atoms with Crippen molar-refractivity contribution >= 4 is 16.9 Å². The maximum atomic E-state index is 10.6. The number of hydrogen-bond acceptors (Lipinski definition) is 3. The van der Waals surface area contributed by atoms with Gasteiger partial charge in [-0.3, -0.25) is 0 Å². The van der Waals surface area contributed by atoms with Crippen LogP contribution < -0.4 is 4.83 Å². The fourth-order valence-electron chi connectivity index (χ4n) is 0.163. The van der Waals surface area contributed by atoms with Crippen LogP contribution in [0.2, 0.25) is 0 Å². The summed E-state index contributed by atoms with van der Waals surface area (Å²) in [4.78, 5) is 1.83. The van der Waals surface area contributed by atoms with E-state index in [-0.39, 0.29) is 0 Å². The van der Waals surface area contributed by atoms with Gasteiger partial charge >= 0.3 is 10.2 Å². The van der Waals surface area contributed by atoms with Gasteiger partial charge in [0.1, 0.15) is 0 Å². The normalized spacial score (nSPS) is 11.4. The minimum Gasteiger partial charge on any atom is -0.192 e. The summed E-state index contributed by atoms with van der Waals surface area (Å²) in [7, 11) is -0.601. The minimum atomic E-state index is -3.39. The average Bonchev–Trinajstić information content (AvgIpc) is 1.65. The second-order valence-corrected chi connectivity index (χ2v) is 3.40. The molecule has 0 aliphatic rings. The van der Waals surface area contributed by atoms with Crippen molar-refractivity contribution < 1.29 is 8.42 Å². The quantitative estimate of drug-likeness (QED) is 0.415. The predicted molar refractivity (Wildman–Crippen MR) is 35.3 cm³/mol. The molecule has 9 heavy (non-hydrogen) atoms. The largest absolute Gasteiger partial charge is 0.315 e. The van der Waals surface area contributed by atoms with E-state index in [1.807, 2.05) is 4.83 Å². The lowest BCUT2D eigenvalue weighted by atomic mass is 11.3. The second kappa shape index (κ2) is 2.79. The van der Waals surface area contributed by atoms with Crippen LogP contribution in [-0.4, -0.2) is 33.5 Å². The van der Waals surface area contributed by atoms with Gasteiger partial charge in [0, 0.05) is 20.8 Å². The number of nitrogens with one attached hydrogen (secondary N) is 1. The Labute approximate surface area is 54.5 Å². The first-order valence-corrected chi connectivity index (χ1v) is 3.59. The zero-order valence-electron chi connectivity index (χ0n) is 5.33. The van der Waals surface area contributed by atoms with Crippen molar-refractivity contribution in [1.29, 1.82) is 0 Å². The molecule has 0 heterocycles. The highest BCUT2D eigenvalue weighted by molar-refractivity contribution is 7.87. The van der Waals surface area contributed by atoms with Crippen molar-refractivity contribution in [2.24, 2.45) is 5.10 Å². The van der Waals surface area contributed by atoms with Gasteiger partial charge in [-0.1, -0.05) is 0 Å². The number of hydrazone groups is 1. The van der Waals surface area contributed by atoms with Crippen molar-refractivity contribution in [3.8, 4) is 0 Å². The molecule has 0 aromatic carbocycles. The summed E-state index contributed by atoms with van der Waals surface area (Å²) < 4.78 is 22.2. The molecule has 0 spiro atoms. The Kier molecular flexibility index (Phi) is 2.60. The Morgan fingerprint density at radius 1 is 1.56 bits per heavy atom. The van der Waals surface area contributed by atoms with Crippen LogP contribution in [0.15, 0.2) is 5.10 Å². The molecule has 0 rings (SSSR count). The lowest BCUT2D eigenvalue weighted by Gasteiger charge is -2.07. The summed E-state index contributed by atoms with van der Waals surface area (Å²) >= 11 is 0. The van der Waals surface area contributed by atoms with Crippen LogP contribution in [0.3, 0.4) is 0 Å². The Balaban J connectivity index is 4.22.